The van der Waals surface area contributed by atoms with Crippen molar-refractivity contribution in [2.75, 3.05) is 18.4 Å². The Balaban J connectivity index is 1.48. The smallest absolute Gasteiger partial charge is 0.310 e. The van der Waals surface area contributed by atoms with Crippen molar-refractivity contribution in [3.63, 3.8) is 0 Å². The zero-order valence-electron chi connectivity index (χ0n) is 19.0. The van der Waals surface area contributed by atoms with Gasteiger partial charge in [-0.05, 0) is 63.5 Å². The first kappa shape index (κ1) is 24.1. The Morgan fingerprint density at radius 3 is 2.59 bits per heavy atom. The first-order chi connectivity index (χ1) is 16.2. The lowest BCUT2D eigenvalue weighted by molar-refractivity contribution is -0.152. The molecular formula is C24H26ClF2N5O2. The number of aliphatic carboxylic acids is 1. The predicted molar refractivity (Wildman–Crippen MR) is 125 cm³/mol. The van der Waals surface area contributed by atoms with Gasteiger partial charge >= 0.3 is 5.97 Å². The lowest BCUT2D eigenvalue weighted by Gasteiger charge is -2.39. The minimum Gasteiger partial charge on any atom is -0.481 e. The molecule has 0 atom stereocenters. The van der Waals surface area contributed by atoms with Crippen LogP contribution in [-0.2, 0) is 17.8 Å². The molecule has 1 aromatic carbocycles. The van der Waals surface area contributed by atoms with Crippen LogP contribution >= 0.6 is 11.6 Å². The van der Waals surface area contributed by atoms with Crippen LogP contribution in [0, 0.1) is 30.9 Å². The summed E-state index contributed by atoms with van der Waals surface area (Å²) in [6.07, 6.45) is 0.545. The molecule has 34 heavy (non-hydrogen) atoms. The second-order valence-electron chi connectivity index (χ2n) is 8.88. The van der Waals surface area contributed by atoms with Gasteiger partial charge < -0.3 is 10.4 Å². The minimum atomic E-state index is -1.16. The largest absolute Gasteiger partial charge is 0.481 e. The predicted octanol–water partition coefficient (Wildman–Crippen LogP) is 5.01. The van der Waals surface area contributed by atoms with Crippen LogP contribution in [0.2, 0.25) is 5.02 Å². The molecule has 1 fully saturated rings. The Kier molecular flexibility index (Phi) is 6.86. The van der Waals surface area contributed by atoms with Crippen molar-refractivity contribution < 1.29 is 18.7 Å². The Bertz CT molecular complexity index is 1210. The first-order valence-corrected chi connectivity index (χ1v) is 11.4. The number of aromatic amines is 1. The van der Waals surface area contributed by atoms with E-state index in [0.29, 0.717) is 49.7 Å². The third kappa shape index (κ3) is 5.05. The summed E-state index contributed by atoms with van der Waals surface area (Å²) in [5, 5.41) is 20.0. The van der Waals surface area contributed by atoms with E-state index in [2.05, 4.69) is 20.5 Å². The van der Waals surface area contributed by atoms with Crippen LogP contribution < -0.4 is 5.32 Å². The molecule has 0 spiro atoms. The van der Waals surface area contributed by atoms with Crippen LogP contribution in [0.15, 0.2) is 30.3 Å². The Morgan fingerprint density at radius 2 is 1.94 bits per heavy atom. The molecule has 0 amide bonds. The van der Waals surface area contributed by atoms with Crippen LogP contribution in [0.25, 0.3) is 0 Å². The number of pyridine rings is 1. The highest BCUT2D eigenvalue weighted by molar-refractivity contribution is 6.30. The number of halogens is 3. The van der Waals surface area contributed by atoms with Gasteiger partial charge in [-0.15, -0.1) is 0 Å². The highest BCUT2D eigenvalue weighted by Crippen LogP contribution is 2.37. The maximum absolute atomic E-state index is 14.6. The molecule has 0 aliphatic carbocycles. The average molecular weight is 490 g/mol. The van der Waals surface area contributed by atoms with Crippen molar-refractivity contribution in [1.82, 2.24) is 20.1 Å². The van der Waals surface area contributed by atoms with Crippen molar-refractivity contribution in [3.05, 3.63) is 69.5 Å². The fraction of sp³-hybridized carbons (Fsp3) is 0.375. The molecule has 0 bridgehead atoms. The fourth-order valence-corrected chi connectivity index (χ4v) is 4.50. The van der Waals surface area contributed by atoms with E-state index in [1.807, 2.05) is 18.7 Å². The molecule has 3 aromatic rings. The first-order valence-electron chi connectivity index (χ1n) is 11.0. The fourth-order valence-electron chi connectivity index (χ4n) is 4.32. The molecule has 2 aromatic heterocycles. The van der Waals surface area contributed by atoms with Crippen LogP contribution in [0.1, 0.15) is 35.4 Å². The molecule has 1 aliphatic heterocycles. The van der Waals surface area contributed by atoms with E-state index >= 15 is 0 Å². The molecule has 3 heterocycles. The number of H-pyrrole nitrogens is 1. The summed E-state index contributed by atoms with van der Waals surface area (Å²) in [6, 6.07) is 7.84. The van der Waals surface area contributed by atoms with Gasteiger partial charge in [-0.1, -0.05) is 17.7 Å². The summed E-state index contributed by atoms with van der Waals surface area (Å²) in [5.74, 6) is -1.07. The molecule has 4 rings (SSSR count). The summed E-state index contributed by atoms with van der Waals surface area (Å²) in [5.41, 5.74) is 1.09. The summed E-state index contributed by atoms with van der Waals surface area (Å²) < 4.78 is 29.1. The van der Waals surface area contributed by atoms with Gasteiger partial charge in [-0.3, -0.25) is 14.8 Å². The van der Waals surface area contributed by atoms with E-state index in [1.165, 1.54) is 18.2 Å². The molecule has 3 N–H and O–H groups in total. The number of hydrogen-bond donors (Lipinski definition) is 3. The average Bonchev–Trinajstić information content (AvgIpc) is 3.21. The minimum absolute atomic E-state index is 0.0400. The SMILES string of the molecule is Cc1cc(Nc2ccc(F)c(CC3(C(=O)O)CCN(Cc4c(C)ccc(Cl)c4F)CC3)n2)n[nH]1. The van der Waals surface area contributed by atoms with Crippen molar-refractivity contribution in [2.24, 2.45) is 5.41 Å². The molecule has 0 saturated carbocycles. The van der Waals surface area contributed by atoms with Crippen molar-refractivity contribution >= 4 is 29.2 Å². The Hall–Kier alpha value is -3.04. The molecule has 1 saturated heterocycles. The van der Waals surface area contributed by atoms with E-state index in [9.17, 15) is 18.7 Å². The highest BCUT2D eigenvalue weighted by atomic mass is 35.5. The Labute approximate surface area is 201 Å². The summed E-state index contributed by atoms with van der Waals surface area (Å²) in [7, 11) is 0. The van der Waals surface area contributed by atoms with Gasteiger partial charge in [0.2, 0.25) is 0 Å². The molecule has 1 aliphatic rings. The number of anilines is 2. The maximum atomic E-state index is 14.6. The van der Waals surface area contributed by atoms with E-state index in [-0.39, 0.29) is 17.1 Å². The van der Waals surface area contributed by atoms with Crippen LogP contribution in [0.3, 0.4) is 0 Å². The summed E-state index contributed by atoms with van der Waals surface area (Å²) in [4.78, 5) is 18.7. The molecule has 0 radical (unpaired) electrons. The van der Waals surface area contributed by atoms with Gasteiger partial charge in [-0.2, -0.15) is 5.10 Å². The quantitative estimate of drug-likeness (QED) is 0.432. The van der Waals surface area contributed by atoms with E-state index in [0.717, 1.165) is 11.3 Å². The zero-order valence-corrected chi connectivity index (χ0v) is 19.7. The number of nitrogens with one attached hydrogen (secondary N) is 2. The van der Waals surface area contributed by atoms with Gasteiger partial charge in [0, 0.05) is 30.3 Å². The van der Waals surface area contributed by atoms with Crippen molar-refractivity contribution in [2.45, 2.75) is 39.7 Å². The number of hydrogen-bond acceptors (Lipinski definition) is 5. The molecule has 180 valence electrons. The normalized spacial score (nSPS) is 15.9. The number of rotatable bonds is 7. The summed E-state index contributed by atoms with van der Waals surface area (Å²) in [6.45, 7) is 4.88. The van der Waals surface area contributed by atoms with Crippen molar-refractivity contribution in [1.29, 1.82) is 0 Å². The van der Waals surface area contributed by atoms with Gasteiger partial charge in [0.25, 0.3) is 0 Å². The van der Waals surface area contributed by atoms with Crippen LogP contribution in [-0.4, -0.2) is 44.2 Å². The highest BCUT2D eigenvalue weighted by Gasteiger charge is 2.42. The standard InChI is InChI=1S/C24H26ClF2N5O2/c1-14-3-4-17(25)22(27)16(14)13-32-9-7-24(8-10-32,23(33)34)12-19-18(26)5-6-20(28-19)29-21-11-15(2)30-31-21/h3-6,11H,7-10,12-13H2,1-2H3,(H,33,34)(H2,28,29,30,31). The van der Waals surface area contributed by atoms with Gasteiger partial charge in [-0.25, -0.2) is 13.8 Å². The second kappa shape index (κ2) is 9.68. The topological polar surface area (TPSA) is 94.1 Å². The third-order valence-corrected chi connectivity index (χ3v) is 6.76. The molecule has 7 nitrogen and oxygen atoms in total. The number of nitrogens with zero attached hydrogens (tertiary/aromatic N) is 3. The number of carbonyl (C=O) groups is 1. The summed E-state index contributed by atoms with van der Waals surface area (Å²) >= 11 is 5.94. The number of aryl methyl sites for hydroxylation is 2. The lowest BCUT2D eigenvalue weighted by Crippen LogP contribution is -2.45. The lowest BCUT2D eigenvalue weighted by atomic mass is 9.74. The number of likely N-dealkylation sites (tertiary alicyclic amines) is 1. The molecule has 10 heteroatoms. The number of benzene rings is 1. The zero-order chi connectivity index (χ0) is 24.5. The van der Waals surface area contributed by atoms with Crippen LogP contribution in [0.5, 0.6) is 0 Å². The van der Waals surface area contributed by atoms with Gasteiger partial charge in [0.1, 0.15) is 17.5 Å². The second-order valence-corrected chi connectivity index (χ2v) is 9.29. The van der Waals surface area contributed by atoms with E-state index < -0.39 is 23.0 Å². The van der Waals surface area contributed by atoms with Crippen LogP contribution in [0.4, 0.5) is 20.4 Å². The third-order valence-electron chi connectivity index (χ3n) is 6.47. The molecule has 0 unspecified atom stereocenters. The van der Waals surface area contributed by atoms with Gasteiger partial charge in [0.05, 0.1) is 16.1 Å². The number of aromatic nitrogens is 3. The number of carboxylic acids is 1. The number of piperidine rings is 1. The number of carboxylic acid groups (broad SMARTS) is 1. The van der Waals surface area contributed by atoms with E-state index in [4.69, 9.17) is 11.6 Å². The van der Waals surface area contributed by atoms with Gasteiger partial charge in [0.15, 0.2) is 5.82 Å². The monoisotopic (exact) mass is 489 g/mol. The Morgan fingerprint density at radius 1 is 1.21 bits per heavy atom. The van der Waals surface area contributed by atoms with E-state index in [1.54, 1.807) is 12.1 Å². The molecular weight excluding hydrogens is 464 g/mol. The van der Waals surface area contributed by atoms with Crippen molar-refractivity contribution in [3.8, 4) is 0 Å². The maximum Gasteiger partial charge on any atom is 0.310 e.